The smallest absolute Gasteiger partial charge is 0.280 e. The number of morpholine rings is 1. The van der Waals surface area contributed by atoms with E-state index in [0.29, 0.717) is 38.5 Å². The van der Waals surface area contributed by atoms with Gasteiger partial charge in [0, 0.05) is 20.1 Å². The molecule has 0 bridgehead atoms. The summed E-state index contributed by atoms with van der Waals surface area (Å²) in [6.07, 6.45) is 0.360. The molecule has 2 aliphatic rings. The van der Waals surface area contributed by atoms with Crippen LogP contribution in [0.1, 0.15) is 18.0 Å². The fourth-order valence-electron chi connectivity index (χ4n) is 3.16. The lowest BCUT2D eigenvalue weighted by atomic mass is 9.98. The second-order valence-corrected chi connectivity index (χ2v) is 7.92. The Bertz CT molecular complexity index is 733. The largest absolute Gasteiger partial charge is 0.497 e. The van der Waals surface area contributed by atoms with Crippen molar-refractivity contribution >= 4 is 16.1 Å². The molecule has 2 heterocycles. The lowest BCUT2D eigenvalue weighted by molar-refractivity contribution is -0.139. The number of ether oxygens (including phenoxy) is 2. The van der Waals surface area contributed by atoms with Gasteiger partial charge in [0.25, 0.3) is 10.2 Å². The third kappa shape index (κ3) is 3.79. The van der Waals surface area contributed by atoms with Crippen LogP contribution in [0.4, 0.5) is 0 Å². The van der Waals surface area contributed by atoms with Crippen LogP contribution in [-0.2, 0) is 19.7 Å². The van der Waals surface area contributed by atoms with Crippen molar-refractivity contribution < 1.29 is 22.7 Å². The van der Waals surface area contributed by atoms with E-state index < -0.39 is 22.3 Å². The summed E-state index contributed by atoms with van der Waals surface area (Å²) in [4.78, 5) is 14.5. The van der Waals surface area contributed by atoms with Crippen LogP contribution in [0, 0.1) is 0 Å². The number of carbonyl (C=O) groups excluding carboxylic acids is 1. The van der Waals surface area contributed by atoms with E-state index in [1.807, 2.05) is 6.07 Å². The number of hydrogen-bond donors (Lipinski definition) is 1. The van der Waals surface area contributed by atoms with Crippen molar-refractivity contribution in [2.75, 3.05) is 40.5 Å². The van der Waals surface area contributed by atoms with Gasteiger partial charge in [-0.05, 0) is 24.1 Å². The second-order valence-electron chi connectivity index (χ2n) is 6.16. The molecule has 1 aromatic rings. The van der Waals surface area contributed by atoms with Crippen molar-refractivity contribution in [2.24, 2.45) is 0 Å². The Hall–Kier alpha value is -1.68. The minimum atomic E-state index is -3.75. The lowest BCUT2D eigenvalue weighted by Gasteiger charge is -2.39. The highest BCUT2D eigenvalue weighted by molar-refractivity contribution is 7.87. The van der Waals surface area contributed by atoms with Crippen LogP contribution in [0.25, 0.3) is 0 Å². The summed E-state index contributed by atoms with van der Waals surface area (Å²) in [6, 6.07) is 6.00. The van der Waals surface area contributed by atoms with Crippen LogP contribution >= 0.6 is 0 Å². The number of likely N-dealkylation sites (N-methyl/N-ethyl adjacent to an activating group) is 1. The van der Waals surface area contributed by atoms with Crippen LogP contribution in [0.3, 0.4) is 0 Å². The molecule has 0 unspecified atom stereocenters. The molecular weight excluding hydrogens is 346 g/mol. The van der Waals surface area contributed by atoms with Gasteiger partial charge in [-0.2, -0.15) is 17.4 Å². The molecule has 1 amide bonds. The Morgan fingerprint density at radius 2 is 2.04 bits per heavy atom. The van der Waals surface area contributed by atoms with Crippen molar-refractivity contribution in [3.63, 3.8) is 0 Å². The molecule has 2 saturated heterocycles. The van der Waals surface area contributed by atoms with E-state index in [1.54, 1.807) is 30.2 Å². The maximum absolute atomic E-state index is 12.9. The molecule has 9 heteroatoms. The van der Waals surface area contributed by atoms with Crippen molar-refractivity contribution in [1.29, 1.82) is 0 Å². The molecule has 3 rings (SSSR count). The number of nitrogens with one attached hydrogen (secondary N) is 1. The summed E-state index contributed by atoms with van der Waals surface area (Å²) in [7, 11) is -0.752. The standard InChI is InChI=1S/C16H23N3O5S/c1-18-15(16(20)19-6-8-24-9-7-19)11-14(17-25(18,21)22)12-4-3-5-13(10-12)23-2/h3-5,10,14-15,17H,6-9,11H2,1-2H3/t14-,15-/m1/s1. The van der Waals surface area contributed by atoms with E-state index in [9.17, 15) is 13.2 Å². The molecule has 1 N–H and O–H groups in total. The Kier molecular flexibility index (Phi) is 5.28. The quantitative estimate of drug-likeness (QED) is 0.818. The van der Waals surface area contributed by atoms with Gasteiger partial charge in [0.2, 0.25) is 5.91 Å². The topological polar surface area (TPSA) is 88.2 Å². The first-order valence-electron chi connectivity index (χ1n) is 8.18. The lowest BCUT2D eigenvalue weighted by Crippen LogP contribution is -2.58. The first-order valence-corrected chi connectivity index (χ1v) is 9.62. The van der Waals surface area contributed by atoms with Crippen molar-refractivity contribution in [1.82, 2.24) is 13.9 Å². The zero-order chi connectivity index (χ0) is 18.0. The summed E-state index contributed by atoms with van der Waals surface area (Å²) >= 11 is 0. The number of rotatable bonds is 3. The highest BCUT2D eigenvalue weighted by Crippen LogP contribution is 2.30. The molecular formula is C16H23N3O5S. The molecule has 8 nitrogen and oxygen atoms in total. The highest BCUT2D eigenvalue weighted by Gasteiger charge is 2.42. The zero-order valence-electron chi connectivity index (χ0n) is 14.3. The Balaban J connectivity index is 1.86. The van der Waals surface area contributed by atoms with Crippen molar-refractivity contribution in [3.8, 4) is 5.75 Å². The normalized spacial score (nSPS) is 27.0. The number of benzene rings is 1. The van der Waals surface area contributed by atoms with Crippen LogP contribution in [0.2, 0.25) is 0 Å². The van der Waals surface area contributed by atoms with Gasteiger partial charge in [-0.25, -0.2) is 0 Å². The molecule has 138 valence electrons. The number of amides is 1. The third-order valence-corrected chi connectivity index (χ3v) is 6.27. The molecule has 0 radical (unpaired) electrons. The second kappa shape index (κ2) is 7.28. The summed E-state index contributed by atoms with van der Waals surface area (Å²) in [5.41, 5.74) is 0.774. The van der Waals surface area contributed by atoms with Gasteiger partial charge in [0.05, 0.1) is 26.4 Å². The zero-order valence-corrected chi connectivity index (χ0v) is 15.2. The molecule has 25 heavy (non-hydrogen) atoms. The summed E-state index contributed by atoms with van der Waals surface area (Å²) in [5, 5.41) is 0. The number of hydrogen-bond acceptors (Lipinski definition) is 5. The van der Waals surface area contributed by atoms with Gasteiger partial charge in [-0.15, -0.1) is 0 Å². The molecule has 2 atom stereocenters. The molecule has 0 aromatic heterocycles. The summed E-state index contributed by atoms with van der Waals surface area (Å²) in [5.74, 6) is 0.468. The van der Waals surface area contributed by atoms with E-state index in [0.717, 1.165) is 9.87 Å². The minimum absolute atomic E-state index is 0.177. The predicted molar refractivity (Wildman–Crippen MR) is 91.4 cm³/mol. The molecule has 2 fully saturated rings. The van der Waals surface area contributed by atoms with E-state index in [1.165, 1.54) is 7.05 Å². The fraction of sp³-hybridized carbons (Fsp3) is 0.562. The van der Waals surface area contributed by atoms with Gasteiger partial charge in [-0.1, -0.05) is 12.1 Å². The first kappa shape index (κ1) is 18.1. The maximum atomic E-state index is 12.9. The number of carbonyl (C=O) groups is 1. The van der Waals surface area contributed by atoms with Crippen LogP contribution in [0.5, 0.6) is 5.75 Å². The van der Waals surface area contributed by atoms with Gasteiger partial charge in [0.1, 0.15) is 11.8 Å². The molecule has 0 aliphatic carbocycles. The van der Waals surface area contributed by atoms with Crippen LogP contribution < -0.4 is 9.46 Å². The van der Waals surface area contributed by atoms with Crippen molar-refractivity contribution in [3.05, 3.63) is 29.8 Å². The Labute approximate surface area is 147 Å². The molecule has 1 aromatic carbocycles. The van der Waals surface area contributed by atoms with Gasteiger partial charge in [0.15, 0.2) is 0 Å². The van der Waals surface area contributed by atoms with E-state index >= 15 is 0 Å². The minimum Gasteiger partial charge on any atom is -0.497 e. The van der Waals surface area contributed by atoms with Gasteiger partial charge < -0.3 is 14.4 Å². The average molecular weight is 369 g/mol. The maximum Gasteiger partial charge on any atom is 0.280 e. The average Bonchev–Trinajstić information content (AvgIpc) is 2.64. The summed E-state index contributed by atoms with van der Waals surface area (Å²) in [6.45, 7) is 1.93. The van der Waals surface area contributed by atoms with E-state index in [2.05, 4.69) is 4.72 Å². The summed E-state index contributed by atoms with van der Waals surface area (Å²) < 4.78 is 39.3. The third-order valence-electron chi connectivity index (χ3n) is 4.67. The highest BCUT2D eigenvalue weighted by atomic mass is 32.2. The predicted octanol–water partition coefficient (Wildman–Crippen LogP) is 0.134. The van der Waals surface area contributed by atoms with Crippen molar-refractivity contribution in [2.45, 2.75) is 18.5 Å². The van der Waals surface area contributed by atoms with Gasteiger partial charge in [-0.3, -0.25) is 4.79 Å². The molecule has 0 saturated carbocycles. The Morgan fingerprint density at radius 3 is 2.72 bits per heavy atom. The molecule has 0 spiro atoms. The monoisotopic (exact) mass is 369 g/mol. The van der Waals surface area contributed by atoms with Crippen LogP contribution in [0.15, 0.2) is 24.3 Å². The fourth-order valence-corrected chi connectivity index (χ4v) is 4.43. The first-order chi connectivity index (χ1) is 11.9. The number of nitrogens with zero attached hydrogens (tertiary/aromatic N) is 2. The SMILES string of the molecule is COc1cccc([C@H]2C[C@H](C(=O)N3CCOCC3)N(C)S(=O)(=O)N2)c1. The van der Waals surface area contributed by atoms with Crippen LogP contribution in [-0.4, -0.2) is 70.0 Å². The Morgan fingerprint density at radius 1 is 1.32 bits per heavy atom. The van der Waals surface area contributed by atoms with E-state index in [4.69, 9.17) is 9.47 Å². The van der Waals surface area contributed by atoms with E-state index in [-0.39, 0.29) is 5.91 Å². The van der Waals surface area contributed by atoms with Gasteiger partial charge >= 0.3 is 0 Å². The molecule has 2 aliphatic heterocycles. The number of methoxy groups -OCH3 is 1.